The van der Waals surface area contributed by atoms with Gasteiger partial charge in [0, 0.05) is 10.4 Å². The van der Waals surface area contributed by atoms with Crippen LogP contribution < -0.4 is 5.69 Å². The zero-order valence-electron chi connectivity index (χ0n) is 19.3. The summed E-state index contributed by atoms with van der Waals surface area (Å²) in [6.45, 7) is 4.62. The van der Waals surface area contributed by atoms with E-state index in [1.807, 2.05) is 43.3 Å². The van der Waals surface area contributed by atoms with E-state index in [-0.39, 0.29) is 11.9 Å². The van der Waals surface area contributed by atoms with Gasteiger partial charge in [0.2, 0.25) is 0 Å². The number of imidazole rings is 1. The van der Waals surface area contributed by atoms with Crippen molar-refractivity contribution in [2.45, 2.75) is 25.5 Å². The van der Waals surface area contributed by atoms with Crippen molar-refractivity contribution in [3.05, 3.63) is 74.3 Å². The number of rotatable bonds is 7. The predicted octanol–water partition coefficient (Wildman–Crippen LogP) is 5.36. The lowest BCUT2D eigenvalue weighted by Gasteiger charge is -2.11. The lowest BCUT2D eigenvalue weighted by atomic mass is 9.98. The van der Waals surface area contributed by atoms with Crippen LogP contribution in [0.2, 0.25) is 0 Å². The van der Waals surface area contributed by atoms with Crippen LogP contribution in [0.3, 0.4) is 0 Å². The van der Waals surface area contributed by atoms with Gasteiger partial charge in [-0.15, -0.1) is 11.3 Å². The van der Waals surface area contributed by atoms with Gasteiger partial charge in [-0.1, -0.05) is 61.2 Å². The van der Waals surface area contributed by atoms with E-state index in [2.05, 4.69) is 33.8 Å². The SMILES string of the molecule is CCSc1nc2c(C)sc(C(=O)OC)c2n1Cc1ccc(-c2ccccc2-c2nc(=O)[nH]o2)cc1. The standard InChI is InChI=1S/C25H22N4O4S2/c1-4-34-25-26-19-14(2)35-21(23(30)32-3)20(19)29(25)13-15-9-11-16(12-10-15)17-7-5-6-8-18(17)22-27-24(31)28-33-22/h5-12H,4,13H2,1-3H3,(H,28,31). The van der Waals surface area contributed by atoms with Gasteiger partial charge in [0.25, 0.3) is 5.89 Å². The lowest BCUT2D eigenvalue weighted by molar-refractivity contribution is 0.0608. The normalized spacial score (nSPS) is 11.3. The molecule has 0 aliphatic heterocycles. The Balaban J connectivity index is 1.53. The summed E-state index contributed by atoms with van der Waals surface area (Å²) in [4.78, 5) is 34.2. The van der Waals surface area contributed by atoms with Crippen molar-refractivity contribution >= 4 is 40.1 Å². The van der Waals surface area contributed by atoms with E-state index in [0.717, 1.165) is 49.1 Å². The number of esters is 1. The second kappa shape index (κ2) is 9.55. The molecule has 0 saturated heterocycles. The molecule has 0 fully saturated rings. The molecule has 1 N–H and O–H groups in total. The molecule has 0 bridgehead atoms. The average molecular weight is 507 g/mol. The van der Waals surface area contributed by atoms with Crippen molar-refractivity contribution in [3.8, 4) is 22.6 Å². The first-order chi connectivity index (χ1) is 17.0. The summed E-state index contributed by atoms with van der Waals surface area (Å²) in [5.41, 5.74) is 4.81. The average Bonchev–Trinajstić information content (AvgIpc) is 3.55. The number of fused-ring (bicyclic) bond motifs is 1. The number of benzene rings is 2. The molecule has 5 rings (SSSR count). The zero-order valence-corrected chi connectivity index (χ0v) is 21.0. The molecule has 0 amide bonds. The number of nitrogens with zero attached hydrogens (tertiary/aromatic N) is 3. The van der Waals surface area contributed by atoms with Gasteiger partial charge in [0.1, 0.15) is 10.4 Å². The molecule has 3 heterocycles. The molecule has 3 aromatic heterocycles. The van der Waals surface area contributed by atoms with Crippen LogP contribution in [0.5, 0.6) is 0 Å². The lowest BCUT2D eigenvalue weighted by Crippen LogP contribution is -2.06. The van der Waals surface area contributed by atoms with Gasteiger partial charge in [-0.05, 0) is 35.4 Å². The van der Waals surface area contributed by atoms with Gasteiger partial charge in [-0.2, -0.15) is 10.1 Å². The summed E-state index contributed by atoms with van der Waals surface area (Å²) in [5.74, 6) is 0.772. The molecule has 10 heteroatoms. The highest BCUT2D eigenvalue weighted by Crippen LogP contribution is 2.36. The van der Waals surface area contributed by atoms with Crippen molar-refractivity contribution in [2.75, 3.05) is 12.9 Å². The van der Waals surface area contributed by atoms with Crippen LogP contribution in [-0.2, 0) is 11.3 Å². The molecule has 0 unspecified atom stereocenters. The van der Waals surface area contributed by atoms with Crippen LogP contribution in [0.25, 0.3) is 33.6 Å². The molecule has 0 aliphatic rings. The molecular formula is C25H22N4O4S2. The maximum absolute atomic E-state index is 12.5. The first kappa shape index (κ1) is 23.1. The number of hydrogen-bond donors (Lipinski definition) is 1. The number of aromatic nitrogens is 4. The summed E-state index contributed by atoms with van der Waals surface area (Å²) in [5, 5.41) is 3.12. The number of thioether (sulfide) groups is 1. The monoisotopic (exact) mass is 506 g/mol. The van der Waals surface area contributed by atoms with Crippen LogP contribution >= 0.6 is 23.1 Å². The van der Waals surface area contributed by atoms with Crippen LogP contribution in [0.4, 0.5) is 0 Å². The summed E-state index contributed by atoms with van der Waals surface area (Å²) < 4.78 is 12.4. The van der Waals surface area contributed by atoms with Gasteiger partial charge in [-0.3, -0.25) is 0 Å². The van der Waals surface area contributed by atoms with E-state index >= 15 is 0 Å². The van der Waals surface area contributed by atoms with E-state index in [9.17, 15) is 9.59 Å². The molecule has 0 atom stereocenters. The van der Waals surface area contributed by atoms with E-state index in [0.29, 0.717) is 11.4 Å². The summed E-state index contributed by atoms with van der Waals surface area (Å²) >= 11 is 3.06. The molecule has 35 heavy (non-hydrogen) atoms. The Kier molecular flexibility index (Phi) is 6.31. The number of H-pyrrole nitrogens is 1. The smallest absolute Gasteiger partial charge is 0.377 e. The molecule has 2 aromatic carbocycles. The molecule has 0 spiro atoms. The van der Waals surface area contributed by atoms with E-state index in [1.54, 1.807) is 11.8 Å². The van der Waals surface area contributed by atoms with Gasteiger partial charge < -0.3 is 13.8 Å². The second-order valence-corrected chi connectivity index (χ2v) is 10.2. The van der Waals surface area contributed by atoms with Gasteiger partial charge >= 0.3 is 11.7 Å². The minimum Gasteiger partial charge on any atom is -0.465 e. The third kappa shape index (κ3) is 4.30. The Labute approximate surface area is 208 Å². The fourth-order valence-electron chi connectivity index (χ4n) is 4.01. The van der Waals surface area contributed by atoms with Crippen molar-refractivity contribution in [2.24, 2.45) is 0 Å². The first-order valence-corrected chi connectivity index (χ1v) is 12.7. The predicted molar refractivity (Wildman–Crippen MR) is 137 cm³/mol. The number of hydrogen-bond acceptors (Lipinski definition) is 8. The Morgan fingerprint density at radius 1 is 1.14 bits per heavy atom. The molecule has 0 aliphatic carbocycles. The van der Waals surface area contributed by atoms with Gasteiger partial charge in [0.15, 0.2) is 5.16 Å². The van der Waals surface area contributed by atoms with Crippen molar-refractivity contribution in [1.29, 1.82) is 0 Å². The fourth-order valence-corrected chi connectivity index (χ4v) is 5.75. The highest BCUT2D eigenvalue weighted by molar-refractivity contribution is 7.99. The zero-order chi connectivity index (χ0) is 24.5. The van der Waals surface area contributed by atoms with E-state index in [4.69, 9.17) is 14.2 Å². The number of aromatic amines is 1. The maximum atomic E-state index is 12.5. The molecule has 5 aromatic rings. The van der Waals surface area contributed by atoms with E-state index < -0.39 is 5.69 Å². The van der Waals surface area contributed by atoms with Crippen LogP contribution in [0.15, 0.2) is 63.0 Å². The van der Waals surface area contributed by atoms with Crippen LogP contribution in [0, 0.1) is 6.92 Å². The summed E-state index contributed by atoms with van der Waals surface area (Å²) in [6, 6.07) is 15.8. The highest BCUT2D eigenvalue weighted by atomic mass is 32.2. The Morgan fingerprint density at radius 3 is 2.54 bits per heavy atom. The number of nitrogens with one attached hydrogen (secondary N) is 1. The van der Waals surface area contributed by atoms with Crippen molar-refractivity contribution < 1.29 is 14.1 Å². The van der Waals surface area contributed by atoms with Gasteiger partial charge in [0.05, 0.1) is 19.2 Å². The molecule has 0 radical (unpaired) electrons. The fraction of sp³-hybridized carbons (Fsp3) is 0.200. The summed E-state index contributed by atoms with van der Waals surface area (Å²) in [6.07, 6.45) is 0. The number of aryl methyl sites for hydroxylation is 1. The number of carbonyl (C=O) groups excluding carboxylic acids is 1. The van der Waals surface area contributed by atoms with E-state index in [1.165, 1.54) is 18.4 Å². The molecular weight excluding hydrogens is 484 g/mol. The third-order valence-electron chi connectivity index (χ3n) is 5.58. The summed E-state index contributed by atoms with van der Waals surface area (Å²) in [7, 11) is 1.40. The molecule has 178 valence electrons. The number of carbonyl (C=O) groups is 1. The number of ether oxygens (including phenoxy) is 1. The number of thiophene rings is 1. The minimum absolute atomic E-state index is 0.250. The number of methoxy groups -OCH3 is 1. The van der Waals surface area contributed by atoms with Gasteiger partial charge in [-0.25, -0.2) is 14.6 Å². The Morgan fingerprint density at radius 2 is 1.89 bits per heavy atom. The van der Waals surface area contributed by atoms with Crippen molar-refractivity contribution in [1.82, 2.24) is 19.7 Å². The van der Waals surface area contributed by atoms with Crippen LogP contribution in [0.1, 0.15) is 27.0 Å². The van der Waals surface area contributed by atoms with Crippen LogP contribution in [-0.4, -0.2) is 38.5 Å². The first-order valence-electron chi connectivity index (χ1n) is 10.9. The highest BCUT2D eigenvalue weighted by Gasteiger charge is 2.24. The second-order valence-electron chi connectivity index (χ2n) is 7.76. The minimum atomic E-state index is -0.521. The Bertz CT molecular complexity index is 1580. The largest absolute Gasteiger partial charge is 0.465 e. The molecule has 8 nitrogen and oxygen atoms in total. The third-order valence-corrected chi connectivity index (χ3v) is 7.50. The maximum Gasteiger partial charge on any atom is 0.377 e. The topological polar surface area (TPSA) is 103 Å². The Hall–Kier alpha value is -3.63. The van der Waals surface area contributed by atoms with Crippen molar-refractivity contribution in [3.63, 3.8) is 0 Å². The quantitative estimate of drug-likeness (QED) is 0.234. The molecule has 0 saturated carbocycles.